The van der Waals surface area contributed by atoms with Gasteiger partial charge in [0.2, 0.25) is 0 Å². The molecule has 1 rings (SSSR count). The number of rotatable bonds is 5. The number of nitrogens with one attached hydrogen (secondary N) is 1. The van der Waals surface area contributed by atoms with E-state index in [1.54, 1.807) is 0 Å². The predicted molar refractivity (Wildman–Crippen MR) is 67.4 cm³/mol. The molecule has 0 aromatic rings. The van der Waals surface area contributed by atoms with Gasteiger partial charge in [0.15, 0.2) is 9.84 Å². The van der Waals surface area contributed by atoms with E-state index in [2.05, 4.69) is 17.1 Å². The molecule has 16 heavy (non-hydrogen) atoms. The van der Waals surface area contributed by atoms with Crippen LogP contribution < -0.4 is 5.32 Å². The molecule has 0 spiro atoms. The molecule has 0 aromatic carbocycles. The van der Waals surface area contributed by atoms with Crippen LogP contribution in [-0.2, 0) is 9.84 Å². The summed E-state index contributed by atoms with van der Waals surface area (Å²) in [5, 5.41) is 3.26. The zero-order valence-corrected chi connectivity index (χ0v) is 11.5. The first-order valence-electron chi connectivity index (χ1n) is 5.90. The Bertz CT molecular complexity index is 314. The minimum Gasteiger partial charge on any atom is -0.309 e. The molecule has 0 heterocycles. The molecule has 0 saturated heterocycles. The van der Waals surface area contributed by atoms with Crippen molar-refractivity contribution in [2.45, 2.75) is 43.5 Å². The monoisotopic (exact) mass is 248 g/mol. The molecule has 1 aliphatic rings. The highest BCUT2D eigenvalue weighted by atomic mass is 32.2. The van der Waals surface area contributed by atoms with E-state index in [0.29, 0.717) is 6.04 Å². The molecule has 3 unspecified atom stereocenters. The van der Waals surface area contributed by atoms with Gasteiger partial charge in [0.1, 0.15) is 0 Å². The Hall–Kier alpha value is -0.130. The van der Waals surface area contributed by atoms with Crippen LogP contribution in [0.5, 0.6) is 0 Å². The summed E-state index contributed by atoms with van der Waals surface area (Å²) >= 11 is 0. The van der Waals surface area contributed by atoms with Gasteiger partial charge >= 0.3 is 0 Å². The van der Waals surface area contributed by atoms with E-state index in [0.717, 1.165) is 25.8 Å². The maximum Gasteiger partial charge on any atom is 0.151 e. The maximum atomic E-state index is 11.6. The highest BCUT2D eigenvalue weighted by Gasteiger charge is 2.35. The smallest absolute Gasteiger partial charge is 0.151 e. The minimum absolute atomic E-state index is 0.143. The standard InChI is InChI=1S/C11H24N2O2S/c1-9(8-13(2)3)12-10-6-5-7-11(10)16(4,14)15/h9-12H,5-8H2,1-4H3. The third-order valence-electron chi connectivity index (χ3n) is 3.14. The minimum atomic E-state index is -2.90. The van der Waals surface area contributed by atoms with Crippen molar-refractivity contribution < 1.29 is 8.42 Å². The Kier molecular flexibility index (Phi) is 4.76. The molecule has 0 bridgehead atoms. The molecule has 3 atom stereocenters. The lowest BCUT2D eigenvalue weighted by Crippen LogP contribution is -2.47. The van der Waals surface area contributed by atoms with Gasteiger partial charge in [-0.2, -0.15) is 0 Å². The first-order chi connectivity index (χ1) is 7.30. The first-order valence-corrected chi connectivity index (χ1v) is 7.86. The Labute approximate surface area is 99.3 Å². The van der Waals surface area contributed by atoms with Gasteiger partial charge in [-0.25, -0.2) is 8.42 Å². The molecule has 1 saturated carbocycles. The lowest BCUT2D eigenvalue weighted by molar-refractivity contribution is 0.328. The molecule has 0 radical (unpaired) electrons. The van der Waals surface area contributed by atoms with E-state index in [4.69, 9.17) is 0 Å². The van der Waals surface area contributed by atoms with Crippen LogP contribution in [0.15, 0.2) is 0 Å². The van der Waals surface area contributed by atoms with Gasteiger partial charge < -0.3 is 10.2 Å². The van der Waals surface area contributed by atoms with Gasteiger partial charge in [0, 0.05) is 24.9 Å². The topological polar surface area (TPSA) is 49.4 Å². The summed E-state index contributed by atoms with van der Waals surface area (Å²) in [6, 6.07) is 0.479. The van der Waals surface area contributed by atoms with E-state index < -0.39 is 9.84 Å². The SMILES string of the molecule is CC(CN(C)C)NC1CCCC1S(C)(=O)=O. The molecule has 0 aliphatic heterocycles. The summed E-state index contributed by atoms with van der Waals surface area (Å²) < 4.78 is 23.2. The van der Waals surface area contributed by atoms with Crippen molar-refractivity contribution >= 4 is 9.84 Å². The van der Waals surface area contributed by atoms with Crippen molar-refractivity contribution in [2.24, 2.45) is 0 Å². The van der Waals surface area contributed by atoms with Gasteiger partial charge in [-0.3, -0.25) is 0 Å². The van der Waals surface area contributed by atoms with Crippen LogP contribution in [0, 0.1) is 0 Å². The molecule has 5 heteroatoms. The predicted octanol–water partition coefficient (Wildman–Crippen LogP) is 0.492. The average molecular weight is 248 g/mol. The zero-order valence-electron chi connectivity index (χ0n) is 10.7. The summed E-state index contributed by atoms with van der Waals surface area (Å²) in [7, 11) is 1.16. The Morgan fingerprint density at radius 1 is 1.38 bits per heavy atom. The van der Waals surface area contributed by atoms with E-state index in [1.807, 2.05) is 14.1 Å². The fourth-order valence-corrected chi connectivity index (χ4v) is 4.00. The van der Waals surface area contributed by atoms with Gasteiger partial charge in [-0.05, 0) is 33.9 Å². The summed E-state index contributed by atoms with van der Waals surface area (Å²) in [6.07, 6.45) is 4.17. The zero-order chi connectivity index (χ0) is 12.3. The summed E-state index contributed by atoms with van der Waals surface area (Å²) in [6.45, 7) is 3.05. The normalized spacial score (nSPS) is 28.6. The molecule has 0 aromatic heterocycles. The van der Waals surface area contributed by atoms with Crippen LogP contribution in [0.3, 0.4) is 0 Å². The molecule has 1 aliphatic carbocycles. The van der Waals surface area contributed by atoms with Gasteiger partial charge in [-0.1, -0.05) is 6.42 Å². The quantitative estimate of drug-likeness (QED) is 0.769. The Morgan fingerprint density at radius 2 is 2.00 bits per heavy atom. The lowest BCUT2D eigenvalue weighted by Gasteiger charge is -2.25. The molecule has 0 amide bonds. The van der Waals surface area contributed by atoms with Crippen LogP contribution in [0.25, 0.3) is 0 Å². The van der Waals surface area contributed by atoms with Crippen molar-refractivity contribution in [1.29, 1.82) is 0 Å². The van der Waals surface area contributed by atoms with Crippen molar-refractivity contribution in [3.63, 3.8) is 0 Å². The number of nitrogens with zero attached hydrogens (tertiary/aromatic N) is 1. The van der Waals surface area contributed by atoms with Crippen LogP contribution in [0.4, 0.5) is 0 Å². The average Bonchev–Trinajstić information content (AvgIpc) is 2.48. The Morgan fingerprint density at radius 3 is 2.50 bits per heavy atom. The lowest BCUT2D eigenvalue weighted by atomic mass is 10.2. The van der Waals surface area contributed by atoms with Crippen LogP contribution in [-0.4, -0.2) is 57.5 Å². The van der Waals surface area contributed by atoms with Crippen LogP contribution >= 0.6 is 0 Å². The third kappa shape index (κ3) is 4.03. The second-order valence-electron chi connectivity index (χ2n) is 5.24. The van der Waals surface area contributed by atoms with Gasteiger partial charge in [0.05, 0.1) is 5.25 Å². The third-order valence-corrected chi connectivity index (χ3v) is 4.80. The molecule has 4 nitrogen and oxygen atoms in total. The first kappa shape index (κ1) is 13.9. The fraction of sp³-hybridized carbons (Fsp3) is 1.00. The van der Waals surface area contributed by atoms with E-state index in [1.165, 1.54) is 6.26 Å². The maximum absolute atomic E-state index is 11.6. The number of hydrogen-bond acceptors (Lipinski definition) is 4. The van der Waals surface area contributed by atoms with Crippen molar-refractivity contribution in [3.05, 3.63) is 0 Å². The molecule has 1 N–H and O–H groups in total. The highest BCUT2D eigenvalue weighted by molar-refractivity contribution is 7.91. The molecular formula is C11H24N2O2S. The van der Waals surface area contributed by atoms with E-state index >= 15 is 0 Å². The van der Waals surface area contributed by atoms with Crippen molar-refractivity contribution in [2.75, 3.05) is 26.9 Å². The van der Waals surface area contributed by atoms with E-state index in [-0.39, 0.29) is 11.3 Å². The van der Waals surface area contributed by atoms with Gasteiger partial charge in [-0.15, -0.1) is 0 Å². The number of sulfone groups is 1. The molecule has 1 fully saturated rings. The van der Waals surface area contributed by atoms with Crippen LogP contribution in [0.1, 0.15) is 26.2 Å². The largest absolute Gasteiger partial charge is 0.309 e. The van der Waals surface area contributed by atoms with Crippen molar-refractivity contribution in [1.82, 2.24) is 10.2 Å². The summed E-state index contributed by atoms with van der Waals surface area (Å²) in [4.78, 5) is 2.11. The summed E-state index contributed by atoms with van der Waals surface area (Å²) in [5.74, 6) is 0. The van der Waals surface area contributed by atoms with Crippen molar-refractivity contribution in [3.8, 4) is 0 Å². The molecular weight excluding hydrogens is 224 g/mol. The second-order valence-corrected chi connectivity index (χ2v) is 7.50. The molecule has 96 valence electrons. The Balaban J connectivity index is 2.53. The number of hydrogen-bond donors (Lipinski definition) is 1. The van der Waals surface area contributed by atoms with Crippen LogP contribution in [0.2, 0.25) is 0 Å². The fourth-order valence-electron chi connectivity index (χ4n) is 2.60. The van der Waals surface area contributed by atoms with Gasteiger partial charge in [0.25, 0.3) is 0 Å². The second kappa shape index (κ2) is 5.47. The highest BCUT2D eigenvalue weighted by Crippen LogP contribution is 2.25. The summed E-state index contributed by atoms with van der Waals surface area (Å²) in [5.41, 5.74) is 0. The van der Waals surface area contributed by atoms with E-state index in [9.17, 15) is 8.42 Å². The number of likely N-dealkylation sites (N-methyl/N-ethyl adjacent to an activating group) is 1.